The Morgan fingerprint density at radius 1 is 1.44 bits per heavy atom. The minimum absolute atomic E-state index is 0.0235. The van der Waals surface area contributed by atoms with E-state index >= 15 is 0 Å². The SMILES string of the molecule is CC1(O)CN(C(=O)CNc2ccccc2)C1. The van der Waals surface area contributed by atoms with Crippen LogP contribution in [-0.2, 0) is 4.79 Å². The third-order valence-corrected chi connectivity index (χ3v) is 2.63. The van der Waals surface area contributed by atoms with Crippen molar-refractivity contribution in [1.29, 1.82) is 0 Å². The van der Waals surface area contributed by atoms with Gasteiger partial charge in [0.15, 0.2) is 0 Å². The summed E-state index contributed by atoms with van der Waals surface area (Å²) < 4.78 is 0. The van der Waals surface area contributed by atoms with E-state index < -0.39 is 5.60 Å². The molecule has 1 aliphatic rings. The highest BCUT2D eigenvalue weighted by Gasteiger charge is 2.38. The number of anilines is 1. The minimum Gasteiger partial charge on any atom is -0.386 e. The number of nitrogens with zero attached hydrogens (tertiary/aromatic N) is 1. The van der Waals surface area contributed by atoms with Crippen LogP contribution >= 0.6 is 0 Å². The van der Waals surface area contributed by atoms with Crippen molar-refractivity contribution in [3.05, 3.63) is 30.3 Å². The number of likely N-dealkylation sites (tertiary alicyclic amines) is 1. The van der Waals surface area contributed by atoms with E-state index in [-0.39, 0.29) is 12.5 Å². The smallest absolute Gasteiger partial charge is 0.242 e. The molecule has 0 unspecified atom stereocenters. The van der Waals surface area contributed by atoms with Crippen LogP contribution in [-0.4, -0.2) is 41.1 Å². The Morgan fingerprint density at radius 3 is 2.62 bits per heavy atom. The van der Waals surface area contributed by atoms with Crippen LogP contribution in [0.5, 0.6) is 0 Å². The molecule has 2 rings (SSSR count). The lowest BCUT2D eigenvalue weighted by Gasteiger charge is -2.44. The molecule has 1 amide bonds. The lowest BCUT2D eigenvalue weighted by Crippen LogP contribution is -2.62. The Kier molecular flexibility index (Phi) is 2.83. The normalized spacial score (nSPS) is 17.8. The summed E-state index contributed by atoms with van der Waals surface area (Å²) in [5, 5.41) is 12.6. The van der Waals surface area contributed by atoms with E-state index in [1.165, 1.54) is 0 Å². The molecule has 0 aliphatic carbocycles. The summed E-state index contributed by atoms with van der Waals surface area (Å²) in [5.41, 5.74) is 0.241. The van der Waals surface area contributed by atoms with E-state index in [0.717, 1.165) is 5.69 Å². The van der Waals surface area contributed by atoms with Crippen LogP contribution in [0.25, 0.3) is 0 Å². The number of carbonyl (C=O) groups excluding carboxylic acids is 1. The van der Waals surface area contributed by atoms with E-state index in [1.54, 1.807) is 11.8 Å². The van der Waals surface area contributed by atoms with Crippen LogP contribution in [0.2, 0.25) is 0 Å². The molecule has 0 aromatic heterocycles. The maximum Gasteiger partial charge on any atom is 0.242 e. The number of nitrogens with one attached hydrogen (secondary N) is 1. The molecule has 1 aromatic carbocycles. The molecule has 86 valence electrons. The second-order valence-corrected chi connectivity index (χ2v) is 4.47. The minimum atomic E-state index is -0.692. The van der Waals surface area contributed by atoms with E-state index in [4.69, 9.17) is 0 Å². The molecule has 1 saturated heterocycles. The fraction of sp³-hybridized carbons (Fsp3) is 0.417. The molecule has 4 heteroatoms. The van der Waals surface area contributed by atoms with E-state index in [2.05, 4.69) is 5.32 Å². The molecule has 1 fully saturated rings. The molecule has 0 atom stereocenters. The number of rotatable bonds is 3. The zero-order chi connectivity index (χ0) is 11.6. The molecule has 0 radical (unpaired) electrons. The molecule has 1 aliphatic heterocycles. The lowest BCUT2D eigenvalue weighted by molar-refractivity contribution is -0.150. The van der Waals surface area contributed by atoms with Crippen molar-refractivity contribution in [3.63, 3.8) is 0 Å². The Labute approximate surface area is 94.9 Å². The summed E-state index contributed by atoms with van der Waals surface area (Å²) in [6.45, 7) is 2.88. The third-order valence-electron chi connectivity index (χ3n) is 2.63. The van der Waals surface area contributed by atoms with Crippen molar-refractivity contribution in [2.45, 2.75) is 12.5 Å². The summed E-state index contributed by atoms with van der Waals surface area (Å²) >= 11 is 0. The number of para-hydroxylation sites is 1. The summed E-state index contributed by atoms with van der Waals surface area (Å²) in [6.07, 6.45) is 0. The van der Waals surface area contributed by atoms with E-state index in [9.17, 15) is 9.90 Å². The van der Waals surface area contributed by atoms with Gasteiger partial charge in [0.05, 0.1) is 25.2 Å². The van der Waals surface area contributed by atoms with Gasteiger partial charge in [0.25, 0.3) is 0 Å². The molecule has 4 nitrogen and oxygen atoms in total. The summed E-state index contributed by atoms with van der Waals surface area (Å²) in [6, 6.07) is 9.60. The van der Waals surface area contributed by atoms with Crippen LogP contribution in [0.15, 0.2) is 30.3 Å². The number of benzene rings is 1. The van der Waals surface area contributed by atoms with Crippen molar-refractivity contribution in [3.8, 4) is 0 Å². The average Bonchev–Trinajstić information content (AvgIpc) is 2.24. The zero-order valence-corrected chi connectivity index (χ0v) is 9.31. The van der Waals surface area contributed by atoms with Crippen molar-refractivity contribution < 1.29 is 9.90 Å². The van der Waals surface area contributed by atoms with Crippen LogP contribution in [0.1, 0.15) is 6.92 Å². The number of hydrogen-bond acceptors (Lipinski definition) is 3. The first-order chi connectivity index (χ1) is 7.57. The Morgan fingerprint density at radius 2 is 2.06 bits per heavy atom. The molecule has 0 bridgehead atoms. The van der Waals surface area contributed by atoms with E-state index in [0.29, 0.717) is 13.1 Å². The highest BCUT2D eigenvalue weighted by Crippen LogP contribution is 2.19. The largest absolute Gasteiger partial charge is 0.386 e. The first kappa shape index (κ1) is 11.0. The van der Waals surface area contributed by atoms with Crippen molar-refractivity contribution in [2.75, 3.05) is 25.0 Å². The highest BCUT2D eigenvalue weighted by molar-refractivity contribution is 5.81. The second kappa shape index (κ2) is 4.14. The van der Waals surface area contributed by atoms with Crippen molar-refractivity contribution in [2.24, 2.45) is 0 Å². The van der Waals surface area contributed by atoms with Gasteiger partial charge in [0, 0.05) is 5.69 Å². The molecular formula is C12H16N2O2. The lowest BCUT2D eigenvalue weighted by atomic mass is 9.97. The monoisotopic (exact) mass is 220 g/mol. The molecule has 1 aromatic rings. The quantitative estimate of drug-likeness (QED) is 0.788. The van der Waals surface area contributed by atoms with Crippen molar-refractivity contribution >= 4 is 11.6 Å². The molecule has 0 saturated carbocycles. The average molecular weight is 220 g/mol. The van der Waals surface area contributed by atoms with E-state index in [1.807, 2.05) is 30.3 Å². The predicted molar refractivity (Wildman–Crippen MR) is 62.1 cm³/mol. The van der Waals surface area contributed by atoms with Gasteiger partial charge in [-0.05, 0) is 19.1 Å². The van der Waals surface area contributed by atoms with Crippen molar-refractivity contribution in [1.82, 2.24) is 4.90 Å². The topological polar surface area (TPSA) is 52.6 Å². The Hall–Kier alpha value is -1.55. The van der Waals surface area contributed by atoms with Gasteiger partial charge in [0.2, 0.25) is 5.91 Å². The van der Waals surface area contributed by atoms with Gasteiger partial charge in [-0.2, -0.15) is 0 Å². The Balaban J connectivity index is 1.77. The molecular weight excluding hydrogens is 204 g/mol. The number of hydrogen-bond donors (Lipinski definition) is 2. The van der Waals surface area contributed by atoms with Gasteiger partial charge < -0.3 is 15.3 Å². The summed E-state index contributed by atoms with van der Waals surface area (Å²) in [4.78, 5) is 13.3. The standard InChI is InChI=1S/C12H16N2O2/c1-12(16)8-14(9-12)11(15)7-13-10-5-3-2-4-6-10/h2-6,13,16H,7-9H2,1H3. The fourth-order valence-electron chi connectivity index (χ4n) is 1.80. The van der Waals surface area contributed by atoms with Gasteiger partial charge in [-0.3, -0.25) is 4.79 Å². The number of β-amino-alcohol motifs (C(OH)–C–C–N with tert-alkyl or cyclic N) is 1. The van der Waals surface area contributed by atoms with Crippen LogP contribution < -0.4 is 5.32 Å². The van der Waals surface area contributed by atoms with Crippen LogP contribution in [0.4, 0.5) is 5.69 Å². The molecule has 16 heavy (non-hydrogen) atoms. The highest BCUT2D eigenvalue weighted by atomic mass is 16.3. The van der Waals surface area contributed by atoms with Crippen LogP contribution in [0.3, 0.4) is 0 Å². The summed E-state index contributed by atoms with van der Waals surface area (Å²) in [5.74, 6) is 0.0235. The number of carbonyl (C=O) groups is 1. The van der Waals surface area contributed by atoms with Gasteiger partial charge >= 0.3 is 0 Å². The maximum atomic E-state index is 11.6. The number of aliphatic hydroxyl groups is 1. The predicted octanol–water partition coefficient (Wildman–Crippen LogP) is 0.692. The van der Waals surface area contributed by atoms with Gasteiger partial charge in [0.1, 0.15) is 0 Å². The van der Waals surface area contributed by atoms with Gasteiger partial charge in [-0.1, -0.05) is 18.2 Å². The molecule has 1 heterocycles. The number of amides is 1. The van der Waals surface area contributed by atoms with Crippen LogP contribution in [0, 0.1) is 0 Å². The third kappa shape index (κ3) is 2.52. The van der Waals surface area contributed by atoms with Gasteiger partial charge in [-0.15, -0.1) is 0 Å². The van der Waals surface area contributed by atoms with Gasteiger partial charge in [-0.25, -0.2) is 0 Å². The molecule has 0 spiro atoms. The fourth-order valence-corrected chi connectivity index (χ4v) is 1.80. The first-order valence-corrected chi connectivity index (χ1v) is 5.36. The first-order valence-electron chi connectivity index (χ1n) is 5.36. The Bertz CT molecular complexity index is 368. The molecule has 2 N–H and O–H groups in total. The maximum absolute atomic E-state index is 11.6. The second-order valence-electron chi connectivity index (χ2n) is 4.47. The zero-order valence-electron chi connectivity index (χ0n) is 9.31. The summed E-state index contributed by atoms with van der Waals surface area (Å²) in [7, 11) is 0.